The number of hydrazone groups is 1. The fourth-order valence-electron chi connectivity index (χ4n) is 1.36. The van der Waals surface area contributed by atoms with Crippen molar-refractivity contribution in [1.82, 2.24) is 11.0 Å². The van der Waals surface area contributed by atoms with Crippen molar-refractivity contribution in [3.05, 3.63) is 0 Å². The topological polar surface area (TPSA) is 153 Å². The summed E-state index contributed by atoms with van der Waals surface area (Å²) in [6.45, 7) is -0.483. The Hall–Kier alpha value is -0.970. The highest BCUT2D eigenvalue weighted by Gasteiger charge is 2.43. The van der Waals surface area contributed by atoms with Crippen molar-refractivity contribution in [2.45, 2.75) is 30.6 Å². The number of rotatable bonds is 4. The molecule has 0 aromatic carbocycles. The lowest BCUT2D eigenvalue weighted by molar-refractivity contribution is -0.239. The predicted octanol–water partition coefficient (Wildman–Crippen LogP) is -4.22. The average Bonchev–Trinajstić information content (AvgIpc) is 2.29. The highest BCUT2D eigenvalue weighted by molar-refractivity contribution is 5.50. The number of ether oxygens (including phenoxy) is 1. The second-order valence-corrected chi connectivity index (χ2v) is 3.28. The van der Waals surface area contributed by atoms with Gasteiger partial charge < -0.3 is 30.9 Å². The van der Waals surface area contributed by atoms with Gasteiger partial charge in [-0.2, -0.15) is 10.5 Å². The average molecular weight is 236 g/mol. The van der Waals surface area contributed by atoms with Crippen molar-refractivity contribution >= 4 is 6.34 Å². The van der Waals surface area contributed by atoms with Crippen LogP contribution in [0.2, 0.25) is 0 Å². The highest BCUT2D eigenvalue weighted by Crippen LogP contribution is 2.19. The minimum atomic E-state index is -1.42. The number of nitrogens with zero attached hydrogens (tertiary/aromatic N) is 1. The van der Waals surface area contributed by atoms with Crippen molar-refractivity contribution in [3.8, 4) is 0 Å². The van der Waals surface area contributed by atoms with Gasteiger partial charge in [0.2, 0.25) is 0 Å². The highest BCUT2D eigenvalue weighted by atomic mass is 16.6. The Morgan fingerprint density at radius 1 is 1.25 bits per heavy atom. The van der Waals surface area contributed by atoms with Gasteiger partial charge in [0.1, 0.15) is 30.8 Å². The van der Waals surface area contributed by atoms with Crippen LogP contribution in [-0.2, 0) is 4.74 Å². The van der Waals surface area contributed by atoms with Crippen molar-refractivity contribution in [2.24, 2.45) is 10.8 Å². The number of hydrogen-bond acceptors (Lipinski definition) is 8. The molecule has 94 valence electrons. The number of nitrogens with two attached hydrogens (primary N) is 1. The van der Waals surface area contributed by atoms with Crippen molar-refractivity contribution < 1.29 is 25.2 Å². The molecule has 0 amide bonds. The molecule has 0 saturated carbocycles. The van der Waals surface area contributed by atoms with E-state index >= 15 is 0 Å². The third-order valence-corrected chi connectivity index (χ3v) is 2.24. The first kappa shape index (κ1) is 13.1. The van der Waals surface area contributed by atoms with Gasteiger partial charge in [-0.15, -0.1) is 0 Å². The van der Waals surface area contributed by atoms with Crippen LogP contribution in [0.5, 0.6) is 0 Å². The van der Waals surface area contributed by atoms with Gasteiger partial charge in [-0.3, -0.25) is 0 Å². The minimum absolute atomic E-state index is 0.483. The van der Waals surface area contributed by atoms with E-state index in [2.05, 4.69) is 16.1 Å². The van der Waals surface area contributed by atoms with Crippen LogP contribution in [0.4, 0.5) is 0 Å². The van der Waals surface area contributed by atoms with E-state index in [4.69, 9.17) is 15.6 Å². The summed E-state index contributed by atoms with van der Waals surface area (Å²) in [5.74, 6) is 0. The van der Waals surface area contributed by atoms with Crippen LogP contribution in [0.3, 0.4) is 0 Å². The molecule has 8 N–H and O–H groups in total. The zero-order valence-corrected chi connectivity index (χ0v) is 8.39. The molecule has 0 aromatic rings. The summed E-state index contributed by atoms with van der Waals surface area (Å²) in [5.41, 5.74) is 9.61. The first-order chi connectivity index (χ1) is 7.61. The van der Waals surface area contributed by atoms with Crippen LogP contribution < -0.4 is 16.7 Å². The quantitative estimate of drug-likeness (QED) is 0.147. The summed E-state index contributed by atoms with van der Waals surface area (Å²) in [6, 6.07) is 0. The van der Waals surface area contributed by atoms with Crippen molar-refractivity contribution in [2.75, 3.05) is 6.61 Å². The monoisotopic (exact) mass is 236 g/mol. The van der Waals surface area contributed by atoms with Crippen molar-refractivity contribution in [1.29, 1.82) is 0 Å². The Morgan fingerprint density at radius 2 is 1.94 bits per heavy atom. The number of aliphatic hydroxyl groups is 4. The molecule has 1 rings (SSSR count). The molecular weight excluding hydrogens is 220 g/mol. The first-order valence-corrected chi connectivity index (χ1v) is 4.66. The lowest BCUT2D eigenvalue weighted by atomic mass is 9.99. The summed E-state index contributed by atoms with van der Waals surface area (Å²) < 4.78 is 5.08. The third-order valence-electron chi connectivity index (χ3n) is 2.24. The molecule has 1 heterocycles. The zero-order chi connectivity index (χ0) is 12.1. The lowest BCUT2D eigenvalue weighted by Crippen LogP contribution is -2.63. The van der Waals surface area contributed by atoms with Gasteiger partial charge in [-0.25, -0.2) is 5.53 Å². The van der Waals surface area contributed by atoms with Crippen LogP contribution in [-0.4, -0.2) is 64.0 Å². The summed E-state index contributed by atoms with van der Waals surface area (Å²) in [5, 5.41) is 40.6. The largest absolute Gasteiger partial charge is 0.394 e. The van der Waals surface area contributed by atoms with E-state index in [1.54, 1.807) is 0 Å². The molecular formula is C7H16N4O5. The predicted molar refractivity (Wildman–Crippen MR) is 52.7 cm³/mol. The maximum Gasteiger partial charge on any atom is 0.155 e. The Bertz CT molecular complexity index is 239. The number of hydrogen-bond donors (Lipinski definition) is 7. The van der Waals surface area contributed by atoms with E-state index in [1.807, 2.05) is 0 Å². The molecule has 0 radical (unpaired) electrons. The van der Waals surface area contributed by atoms with E-state index in [9.17, 15) is 15.3 Å². The second-order valence-electron chi connectivity index (χ2n) is 3.28. The van der Waals surface area contributed by atoms with E-state index in [-0.39, 0.29) is 0 Å². The first-order valence-electron chi connectivity index (χ1n) is 4.66. The summed E-state index contributed by atoms with van der Waals surface area (Å²) in [7, 11) is 0. The molecule has 1 saturated heterocycles. The molecule has 5 unspecified atom stereocenters. The van der Waals surface area contributed by atoms with Crippen LogP contribution in [0, 0.1) is 0 Å². The van der Waals surface area contributed by atoms with Gasteiger partial charge in [0.25, 0.3) is 0 Å². The molecule has 9 nitrogen and oxygen atoms in total. The molecule has 1 fully saturated rings. The number of nitrogens with one attached hydrogen (secondary N) is 2. The molecule has 0 spiro atoms. The van der Waals surface area contributed by atoms with Crippen LogP contribution in [0.25, 0.3) is 0 Å². The van der Waals surface area contributed by atoms with E-state index in [1.165, 1.54) is 0 Å². The lowest BCUT2D eigenvalue weighted by Gasteiger charge is -2.39. The fraction of sp³-hybridized carbons (Fsp3) is 0.857. The SMILES string of the molecule is N/C=N\NNC1OC(CO)C(O)C(O)C1O. The third kappa shape index (κ3) is 2.78. The molecule has 16 heavy (non-hydrogen) atoms. The minimum Gasteiger partial charge on any atom is -0.394 e. The summed E-state index contributed by atoms with van der Waals surface area (Å²) in [4.78, 5) is 0. The molecule has 0 bridgehead atoms. The number of aliphatic hydroxyl groups excluding tert-OH is 4. The standard InChI is InChI=1S/C7H16N4O5/c8-2-9-11-10-7-6(15)5(14)4(13)3(1-12)16-7/h2-7,10-15H,1H2,(H2,8,9). The maximum absolute atomic E-state index is 9.52. The van der Waals surface area contributed by atoms with E-state index in [0.717, 1.165) is 6.34 Å². The second kappa shape index (κ2) is 5.94. The van der Waals surface area contributed by atoms with Crippen LogP contribution >= 0.6 is 0 Å². The van der Waals surface area contributed by atoms with Gasteiger partial charge in [0, 0.05) is 0 Å². The Kier molecular flexibility index (Phi) is 4.86. The molecule has 0 aliphatic carbocycles. The summed E-state index contributed by atoms with van der Waals surface area (Å²) >= 11 is 0. The molecule has 5 atom stereocenters. The van der Waals surface area contributed by atoms with E-state index in [0.29, 0.717) is 0 Å². The van der Waals surface area contributed by atoms with Crippen molar-refractivity contribution in [3.63, 3.8) is 0 Å². The normalized spacial score (nSPS) is 40.1. The van der Waals surface area contributed by atoms with Crippen LogP contribution in [0.1, 0.15) is 0 Å². The smallest absolute Gasteiger partial charge is 0.155 e. The van der Waals surface area contributed by atoms with E-state index < -0.39 is 37.3 Å². The summed E-state index contributed by atoms with van der Waals surface area (Å²) in [6.07, 6.45) is -5.18. The Morgan fingerprint density at radius 3 is 2.50 bits per heavy atom. The van der Waals surface area contributed by atoms with Gasteiger partial charge in [-0.05, 0) is 0 Å². The Labute approximate surface area is 91.5 Å². The number of hydrazine groups is 1. The van der Waals surface area contributed by atoms with Gasteiger partial charge in [-0.1, -0.05) is 0 Å². The van der Waals surface area contributed by atoms with Gasteiger partial charge >= 0.3 is 0 Å². The molecule has 0 aromatic heterocycles. The van der Waals surface area contributed by atoms with Crippen LogP contribution in [0.15, 0.2) is 5.10 Å². The van der Waals surface area contributed by atoms with Gasteiger partial charge in [0.05, 0.1) is 6.61 Å². The molecule has 9 heteroatoms. The van der Waals surface area contributed by atoms with Gasteiger partial charge in [0.15, 0.2) is 6.23 Å². The Balaban J connectivity index is 2.56. The molecule has 1 aliphatic heterocycles. The fourth-order valence-corrected chi connectivity index (χ4v) is 1.36. The molecule has 1 aliphatic rings. The zero-order valence-electron chi connectivity index (χ0n) is 8.39. The maximum atomic E-state index is 9.52.